The maximum atomic E-state index is 12.5. The number of hydrogen-bond acceptors (Lipinski definition) is 5. The van der Waals surface area contributed by atoms with Crippen molar-refractivity contribution in [2.45, 2.75) is 56.1 Å². The Morgan fingerprint density at radius 2 is 1.91 bits per heavy atom. The Balaban J connectivity index is 1.75. The molecular formula is C27H27N3O2. The summed E-state index contributed by atoms with van der Waals surface area (Å²) in [5.74, 6) is 0.476. The van der Waals surface area contributed by atoms with E-state index >= 15 is 0 Å². The van der Waals surface area contributed by atoms with E-state index in [9.17, 15) is 15.6 Å². The first-order chi connectivity index (χ1) is 15.6. The van der Waals surface area contributed by atoms with Crippen molar-refractivity contribution >= 4 is 0 Å². The molecule has 1 aromatic rings. The molecule has 0 spiro atoms. The molecule has 4 aliphatic rings. The number of ether oxygens (including phenoxy) is 1. The standard InChI is InChI=1S/C27H27N3O2/c28-15-18-9-11-21(12-10-18)27-23(20-7-3-4-8-20)13-14-26(27,31)25(24(17-30)32-27)22(16-29)19-5-1-2-6-19/h3-4,7,9-12,17,19,23,31H,1-2,5-6,8,13-14,30H2/b24-17+,25-22+/t23-,26+,27-/m0/s1. The highest BCUT2D eigenvalue weighted by atomic mass is 16.5. The molecule has 5 heteroatoms. The predicted octanol–water partition coefficient (Wildman–Crippen LogP) is 4.62. The molecule has 0 radical (unpaired) electrons. The smallest absolute Gasteiger partial charge is 0.173 e. The second kappa shape index (κ2) is 7.69. The molecule has 32 heavy (non-hydrogen) atoms. The first-order valence-electron chi connectivity index (χ1n) is 11.4. The van der Waals surface area contributed by atoms with E-state index in [4.69, 9.17) is 10.5 Å². The second-order valence-corrected chi connectivity index (χ2v) is 9.27. The van der Waals surface area contributed by atoms with Gasteiger partial charge in [-0.05, 0) is 55.7 Å². The molecule has 0 unspecified atom stereocenters. The maximum Gasteiger partial charge on any atom is 0.173 e. The summed E-state index contributed by atoms with van der Waals surface area (Å²) in [5, 5.41) is 32.0. The summed E-state index contributed by atoms with van der Waals surface area (Å²) in [4.78, 5) is 0. The fraction of sp³-hybridized carbons (Fsp3) is 0.407. The van der Waals surface area contributed by atoms with Crippen molar-refractivity contribution in [3.63, 3.8) is 0 Å². The molecule has 3 aliphatic carbocycles. The quantitative estimate of drug-likeness (QED) is 0.688. The highest BCUT2D eigenvalue weighted by Crippen LogP contribution is 2.66. The SMILES string of the molecule is N#C/C(=C1/C(=C\N)O[C@@]2(c3ccc(C#N)cc3)[C@H](C3=CC=CC3)CC[C@@]12O)C1CCCC1. The van der Waals surface area contributed by atoms with Crippen LogP contribution < -0.4 is 5.73 Å². The van der Waals surface area contributed by atoms with Crippen LogP contribution in [0, 0.1) is 34.5 Å². The average molecular weight is 426 g/mol. The van der Waals surface area contributed by atoms with Gasteiger partial charge in [-0.1, -0.05) is 48.8 Å². The minimum atomic E-state index is -1.37. The number of hydrogen-bond donors (Lipinski definition) is 2. The number of nitriles is 2. The van der Waals surface area contributed by atoms with Crippen LogP contribution in [0.25, 0.3) is 0 Å². The van der Waals surface area contributed by atoms with Gasteiger partial charge in [-0.2, -0.15) is 10.5 Å². The van der Waals surface area contributed by atoms with E-state index in [1.54, 1.807) is 12.1 Å². The molecule has 0 amide bonds. The van der Waals surface area contributed by atoms with Gasteiger partial charge in [0.1, 0.15) is 11.4 Å². The molecule has 3 fully saturated rings. The lowest BCUT2D eigenvalue weighted by Crippen LogP contribution is -2.49. The third-order valence-electron chi connectivity index (χ3n) is 7.83. The molecule has 1 heterocycles. The molecule has 5 nitrogen and oxygen atoms in total. The van der Waals surface area contributed by atoms with Gasteiger partial charge in [-0.15, -0.1) is 0 Å². The number of fused-ring (bicyclic) bond motifs is 1. The van der Waals surface area contributed by atoms with Gasteiger partial charge in [-0.25, -0.2) is 0 Å². The van der Waals surface area contributed by atoms with Crippen LogP contribution in [0.4, 0.5) is 0 Å². The van der Waals surface area contributed by atoms with Crippen LogP contribution in [0.5, 0.6) is 0 Å². The summed E-state index contributed by atoms with van der Waals surface area (Å²) in [6.45, 7) is 0. The molecule has 1 aliphatic heterocycles. The van der Waals surface area contributed by atoms with Crippen LogP contribution in [0.2, 0.25) is 0 Å². The topological polar surface area (TPSA) is 103 Å². The highest BCUT2D eigenvalue weighted by molar-refractivity contribution is 5.57. The largest absolute Gasteiger partial charge is 0.477 e. The summed E-state index contributed by atoms with van der Waals surface area (Å²) in [6, 6.07) is 11.9. The molecule has 3 N–H and O–H groups in total. The van der Waals surface area contributed by atoms with Crippen LogP contribution in [0.3, 0.4) is 0 Å². The van der Waals surface area contributed by atoms with E-state index in [1.165, 1.54) is 11.8 Å². The van der Waals surface area contributed by atoms with Crippen LogP contribution in [0.1, 0.15) is 56.1 Å². The number of nitrogens with zero attached hydrogens (tertiary/aromatic N) is 2. The molecule has 1 aromatic carbocycles. The van der Waals surface area contributed by atoms with E-state index in [2.05, 4.69) is 24.3 Å². The van der Waals surface area contributed by atoms with Crippen molar-refractivity contribution in [1.82, 2.24) is 0 Å². The van der Waals surface area contributed by atoms with Gasteiger partial charge in [-0.3, -0.25) is 0 Å². The summed E-state index contributed by atoms with van der Waals surface area (Å²) in [7, 11) is 0. The first kappa shape index (κ1) is 20.6. The zero-order chi connectivity index (χ0) is 22.3. The number of aliphatic hydroxyl groups is 1. The molecule has 0 aromatic heterocycles. The Labute approximate surface area is 188 Å². The van der Waals surface area contributed by atoms with Gasteiger partial charge in [0.2, 0.25) is 0 Å². The molecule has 1 saturated heterocycles. The monoisotopic (exact) mass is 425 g/mol. The average Bonchev–Trinajstić information content (AvgIpc) is 3.60. The van der Waals surface area contributed by atoms with Gasteiger partial charge in [0, 0.05) is 23.3 Å². The van der Waals surface area contributed by atoms with Crippen molar-refractivity contribution in [2.24, 2.45) is 17.6 Å². The Morgan fingerprint density at radius 3 is 2.50 bits per heavy atom. The summed E-state index contributed by atoms with van der Waals surface area (Å²) < 4.78 is 6.69. The molecular weight excluding hydrogens is 398 g/mol. The Hall–Kier alpha value is -3.28. The Morgan fingerprint density at radius 1 is 1.16 bits per heavy atom. The normalized spacial score (nSPS) is 34.2. The van der Waals surface area contributed by atoms with Crippen molar-refractivity contribution in [3.05, 3.63) is 82.3 Å². The van der Waals surface area contributed by atoms with E-state index in [0.717, 1.165) is 44.1 Å². The van der Waals surface area contributed by atoms with Crippen molar-refractivity contribution in [2.75, 3.05) is 0 Å². The molecule has 0 bridgehead atoms. The minimum Gasteiger partial charge on any atom is -0.477 e. The lowest BCUT2D eigenvalue weighted by Gasteiger charge is -2.40. The van der Waals surface area contributed by atoms with Crippen LogP contribution in [-0.4, -0.2) is 10.7 Å². The van der Waals surface area contributed by atoms with E-state index in [1.807, 2.05) is 18.2 Å². The Bertz CT molecular complexity index is 1140. The van der Waals surface area contributed by atoms with Gasteiger partial charge in [0.15, 0.2) is 5.60 Å². The zero-order valence-electron chi connectivity index (χ0n) is 18.1. The second-order valence-electron chi connectivity index (χ2n) is 9.27. The number of nitrogens with two attached hydrogens (primary N) is 1. The van der Waals surface area contributed by atoms with E-state index < -0.39 is 11.2 Å². The first-order valence-corrected chi connectivity index (χ1v) is 11.4. The van der Waals surface area contributed by atoms with Gasteiger partial charge in [0.25, 0.3) is 0 Å². The van der Waals surface area contributed by atoms with Gasteiger partial charge in [0.05, 0.1) is 17.7 Å². The van der Waals surface area contributed by atoms with Crippen molar-refractivity contribution in [3.8, 4) is 12.1 Å². The highest BCUT2D eigenvalue weighted by Gasteiger charge is 2.70. The van der Waals surface area contributed by atoms with Gasteiger partial charge >= 0.3 is 0 Å². The molecule has 2 saturated carbocycles. The van der Waals surface area contributed by atoms with Crippen molar-refractivity contribution in [1.29, 1.82) is 10.5 Å². The minimum absolute atomic E-state index is 0.0635. The van der Waals surface area contributed by atoms with Crippen molar-refractivity contribution < 1.29 is 9.84 Å². The number of benzene rings is 1. The molecule has 5 rings (SSSR count). The zero-order valence-corrected chi connectivity index (χ0v) is 18.1. The third-order valence-corrected chi connectivity index (χ3v) is 7.83. The van der Waals surface area contributed by atoms with Crippen LogP contribution in [0.15, 0.2) is 71.2 Å². The maximum absolute atomic E-state index is 12.5. The van der Waals surface area contributed by atoms with Gasteiger partial charge < -0.3 is 15.6 Å². The number of allylic oxidation sites excluding steroid dienone is 4. The summed E-state index contributed by atoms with van der Waals surface area (Å²) in [5.41, 5.74) is 7.37. The lowest BCUT2D eigenvalue weighted by atomic mass is 9.70. The van der Waals surface area contributed by atoms with E-state index in [0.29, 0.717) is 28.9 Å². The summed E-state index contributed by atoms with van der Waals surface area (Å²) in [6.07, 6.45) is 13.8. The lowest BCUT2D eigenvalue weighted by molar-refractivity contribution is -0.104. The van der Waals surface area contributed by atoms with Crippen LogP contribution >= 0.6 is 0 Å². The van der Waals surface area contributed by atoms with E-state index in [-0.39, 0.29) is 11.8 Å². The molecule has 3 atom stereocenters. The van der Waals surface area contributed by atoms with Crippen LogP contribution in [-0.2, 0) is 10.3 Å². The molecule has 162 valence electrons. The fourth-order valence-electron chi connectivity index (χ4n) is 6.42. The predicted molar refractivity (Wildman–Crippen MR) is 120 cm³/mol. The third kappa shape index (κ3) is 2.71. The summed E-state index contributed by atoms with van der Waals surface area (Å²) >= 11 is 0. The Kier molecular flexibility index (Phi) is 4.96. The number of rotatable bonds is 3. The fourth-order valence-corrected chi connectivity index (χ4v) is 6.42.